The van der Waals surface area contributed by atoms with Gasteiger partial charge in [0.2, 0.25) is 11.8 Å². The van der Waals surface area contributed by atoms with Gasteiger partial charge in [-0.15, -0.1) is 0 Å². The van der Waals surface area contributed by atoms with Crippen LogP contribution in [0.15, 0.2) is 106 Å². The van der Waals surface area contributed by atoms with Crippen molar-refractivity contribution in [1.29, 1.82) is 0 Å². The van der Waals surface area contributed by atoms with Crippen molar-refractivity contribution >= 4 is 22.6 Å². The molecule has 0 aliphatic carbocycles. The molecule has 11 heteroatoms. The molecule has 4 aromatic carbocycles. The fourth-order valence-corrected chi connectivity index (χ4v) is 8.32. The first kappa shape index (κ1) is 39.2. The van der Waals surface area contributed by atoms with Crippen molar-refractivity contribution in [3.63, 3.8) is 0 Å². The number of rotatable bonds is 13. The number of hydrogen-bond acceptors (Lipinski definition) is 9. The quantitative estimate of drug-likeness (QED) is 0.113. The summed E-state index contributed by atoms with van der Waals surface area (Å²) in [4.78, 5) is 41.6. The van der Waals surface area contributed by atoms with Gasteiger partial charge in [0.15, 0.2) is 11.6 Å². The highest BCUT2D eigenvalue weighted by Crippen LogP contribution is 2.37. The number of aryl methyl sites for hydroxylation is 4. The normalized spacial score (nSPS) is 18.6. The molecule has 0 radical (unpaired) electrons. The maximum atomic E-state index is 14.3. The Morgan fingerprint density at radius 1 is 0.672 bits per heavy atom. The van der Waals surface area contributed by atoms with Crippen molar-refractivity contribution in [3.05, 3.63) is 143 Å². The standard InChI is InChI=1S/C47H52N6O5/c1-47(2,3)56-38-30-40(44-49-42(51-58-44)22-13-19-33-16-8-5-9-17-33)53(31-38)46(55)37-26-24-34-28-36(25-23-35(34)29-37)45(54)52-27-11-10-20-39(52)43-48-41(50-57-43)21-12-18-32-14-6-4-7-15-32/h4-9,14-17,23-26,28-29,38-40H,10-13,18-22,27,30-31H2,1-3H3/t38-,39+,40-/m1/s1. The Hall–Kier alpha value is -5.68. The van der Waals surface area contributed by atoms with Gasteiger partial charge < -0.3 is 23.6 Å². The molecule has 3 atom stereocenters. The van der Waals surface area contributed by atoms with Crippen LogP contribution in [0.5, 0.6) is 0 Å². The zero-order chi connectivity index (χ0) is 40.1. The second-order valence-electron chi connectivity index (χ2n) is 16.6. The fourth-order valence-electron chi connectivity index (χ4n) is 8.32. The van der Waals surface area contributed by atoms with Crippen molar-refractivity contribution in [2.75, 3.05) is 13.1 Å². The SMILES string of the molecule is CC(C)(C)O[C@@H]1C[C@H](c2nc(CCCc3ccccc3)no2)N(C(=O)c2ccc3cc(C(=O)N4CCCC[C@H]4c4nc(CCCc5ccccc5)no4)ccc3c2)C1. The zero-order valence-electron chi connectivity index (χ0n) is 33.7. The Bertz CT molecular complexity index is 2320. The van der Waals surface area contributed by atoms with Crippen molar-refractivity contribution in [2.24, 2.45) is 0 Å². The summed E-state index contributed by atoms with van der Waals surface area (Å²) in [5, 5.41) is 10.3. The predicted molar refractivity (Wildman–Crippen MR) is 220 cm³/mol. The van der Waals surface area contributed by atoms with Gasteiger partial charge in [0, 0.05) is 43.5 Å². The van der Waals surface area contributed by atoms with E-state index in [9.17, 15) is 9.59 Å². The van der Waals surface area contributed by atoms with E-state index in [1.54, 1.807) is 4.90 Å². The summed E-state index contributed by atoms with van der Waals surface area (Å²) < 4.78 is 17.9. The Kier molecular flexibility index (Phi) is 11.8. The lowest BCUT2D eigenvalue weighted by molar-refractivity contribution is -0.0535. The van der Waals surface area contributed by atoms with Crippen LogP contribution in [-0.4, -0.2) is 66.7 Å². The van der Waals surface area contributed by atoms with Crippen LogP contribution in [0.25, 0.3) is 10.8 Å². The number of benzene rings is 4. The van der Waals surface area contributed by atoms with Crippen molar-refractivity contribution in [2.45, 2.75) is 109 Å². The van der Waals surface area contributed by atoms with Gasteiger partial charge in [-0.05, 0) is 112 Å². The third-order valence-electron chi connectivity index (χ3n) is 11.1. The van der Waals surface area contributed by atoms with Crippen LogP contribution < -0.4 is 0 Å². The number of aromatic nitrogens is 4. The molecule has 58 heavy (non-hydrogen) atoms. The lowest BCUT2D eigenvalue weighted by Gasteiger charge is -2.33. The van der Waals surface area contributed by atoms with E-state index >= 15 is 0 Å². The van der Waals surface area contributed by atoms with Crippen LogP contribution in [0.1, 0.15) is 127 Å². The van der Waals surface area contributed by atoms with Crippen LogP contribution in [-0.2, 0) is 30.4 Å². The van der Waals surface area contributed by atoms with Gasteiger partial charge in [-0.25, -0.2) is 0 Å². The van der Waals surface area contributed by atoms with Crippen LogP contribution in [0.4, 0.5) is 0 Å². The minimum Gasteiger partial charge on any atom is -0.371 e. The molecule has 0 spiro atoms. The number of amides is 2. The highest BCUT2D eigenvalue weighted by Gasteiger charge is 2.42. The van der Waals surface area contributed by atoms with Crippen LogP contribution in [0.3, 0.4) is 0 Å². The molecule has 0 unspecified atom stereocenters. The largest absolute Gasteiger partial charge is 0.371 e. The lowest BCUT2D eigenvalue weighted by Crippen LogP contribution is -2.38. The second kappa shape index (κ2) is 17.4. The van der Waals surface area contributed by atoms with E-state index in [0.717, 1.165) is 55.7 Å². The summed E-state index contributed by atoms with van der Waals surface area (Å²) in [6.45, 7) is 7.09. The van der Waals surface area contributed by atoms with E-state index in [1.807, 2.05) is 86.3 Å². The third kappa shape index (κ3) is 9.37. The summed E-state index contributed by atoms with van der Waals surface area (Å²) in [5.74, 6) is 2.05. The first-order chi connectivity index (χ1) is 28.2. The van der Waals surface area contributed by atoms with Gasteiger partial charge in [0.05, 0.1) is 11.7 Å². The molecule has 0 N–H and O–H groups in total. The average molecular weight is 781 g/mol. The molecule has 300 valence electrons. The van der Waals surface area contributed by atoms with Crippen LogP contribution >= 0.6 is 0 Å². The second-order valence-corrected chi connectivity index (χ2v) is 16.6. The summed E-state index contributed by atoms with van der Waals surface area (Å²) in [7, 11) is 0. The third-order valence-corrected chi connectivity index (χ3v) is 11.1. The number of carbonyl (C=O) groups is 2. The van der Waals surface area contributed by atoms with Gasteiger partial charge in [0.1, 0.15) is 12.1 Å². The first-order valence-corrected chi connectivity index (χ1v) is 20.7. The summed E-state index contributed by atoms with van der Waals surface area (Å²) in [6, 6.07) is 31.4. The molecule has 2 aromatic heterocycles. The summed E-state index contributed by atoms with van der Waals surface area (Å²) >= 11 is 0. The van der Waals surface area contributed by atoms with Gasteiger partial charge in [0.25, 0.3) is 11.8 Å². The Morgan fingerprint density at radius 3 is 1.76 bits per heavy atom. The van der Waals surface area contributed by atoms with Crippen LogP contribution in [0, 0.1) is 0 Å². The fraction of sp³-hybridized carbons (Fsp3) is 0.404. The first-order valence-electron chi connectivity index (χ1n) is 20.7. The van der Waals surface area contributed by atoms with Crippen LogP contribution in [0.2, 0.25) is 0 Å². The monoisotopic (exact) mass is 780 g/mol. The molecular formula is C47H52N6O5. The minimum atomic E-state index is -0.410. The molecule has 6 aromatic rings. The van der Waals surface area contributed by atoms with Crippen molar-refractivity contribution in [3.8, 4) is 0 Å². The number of piperidine rings is 1. The number of fused-ring (bicyclic) bond motifs is 1. The summed E-state index contributed by atoms with van der Waals surface area (Å²) in [5.41, 5.74) is 3.30. The highest BCUT2D eigenvalue weighted by atomic mass is 16.5. The molecule has 8 rings (SSSR count). The predicted octanol–water partition coefficient (Wildman–Crippen LogP) is 9.09. The van der Waals surface area contributed by atoms with E-state index < -0.39 is 6.04 Å². The van der Waals surface area contributed by atoms with Gasteiger partial charge >= 0.3 is 0 Å². The highest BCUT2D eigenvalue weighted by molar-refractivity contribution is 6.02. The molecule has 2 amide bonds. The Labute approximate surface area is 339 Å². The number of ether oxygens (including phenoxy) is 1. The molecule has 2 saturated heterocycles. The molecule has 4 heterocycles. The topological polar surface area (TPSA) is 128 Å². The maximum Gasteiger partial charge on any atom is 0.254 e. The number of nitrogens with zero attached hydrogens (tertiary/aromatic N) is 6. The lowest BCUT2D eigenvalue weighted by atomic mass is 9.99. The van der Waals surface area contributed by atoms with Crippen molar-refractivity contribution < 1.29 is 23.4 Å². The van der Waals surface area contributed by atoms with E-state index in [4.69, 9.17) is 23.8 Å². The number of hydrogen-bond donors (Lipinski definition) is 0. The number of carbonyl (C=O) groups excluding carboxylic acids is 2. The number of likely N-dealkylation sites (tertiary alicyclic amines) is 2. The summed E-state index contributed by atoms with van der Waals surface area (Å²) in [6.07, 6.45) is 8.12. The van der Waals surface area contributed by atoms with Gasteiger partial charge in [-0.3, -0.25) is 9.59 Å². The van der Waals surface area contributed by atoms with Gasteiger partial charge in [-0.2, -0.15) is 9.97 Å². The van der Waals surface area contributed by atoms with Crippen molar-refractivity contribution in [1.82, 2.24) is 30.1 Å². The smallest absolute Gasteiger partial charge is 0.254 e. The Morgan fingerprint density at radius 2 is 1.21 bits per heavy atom. The van der Waals surface area contributed by atoms with E-state index in [0.29, 0.717) is 66.9 Å². The molecule has 2 fully saturated rings. The Balaban J connectivity index is 0.948. The molecule has 2 aliphatic rings. The van der Waals surface area contributed by atoms with E-state index in [2.05, 4.69) is 46.7 Å². The average Bonchev–Trinajstić information content (AvgIpc) is 4.01. The van der Waals surface area contributed by atoms with E-state index in [-0.39, 0.29) is 29.6 Å². The minimum absolute atomic E-state index is 0.0700. The molecule has 2 aliphatic heterocycles. The molecule has 0 bridgehead atoms. The molecule has 11 nitrogen and oxygen atoms in total. The molecule has 0 saturated carbocycles. The van der Waals surface area contributed by atoms with Gasteiger partial charge in [-0.1, -0.05) is 83.1 Å². The maximum absolute atomic E-state index is 14.3. The molecular weight excluding hydrogens is 729 g/mol. The zero-order valence-corrected chi connectivity index (χ0v) is 33.7. The van der Waals surface area contributed by atoms with E-state index in [1.165, 1.54) is 11.1 Å².